The van der Waals surface area contributed by atoms with Crippen LogP contribution in [0.15, 0.2) is 30.3 Å². The van der Waals surface area contributed by atoms with Gasteiger partial charge in [-0.05, 0) is 37.5 Å². The van der Waals surface area contributed by atoms with Gasteiger partial charge in [-0.3, -0.25) is 4.79 Å². The number of carbonyl (C=O) groups is 1. The number of hydrogen-bond donors (Lipinski definition) is 2. The lowest BCUT2D eigenvalue weighted by Crippen LogP contribution is -2.56. The topological polar surface area (TPSA) is 104 Å². The molecular formula is C26H33ClN8O2S. The summed E-state index contributed by atoms with van der Waals surface area (Å²) in [6, 6.07) is 9.60. The maximum Gasteiger partial charge on any atom is 0.256 e. The zero-order valence-corrected chi connectivity index (χ0v) is 23.0. The minimum absolute atomic E-state index is 0.0394. The number of aromatic nitrogens is 3. The predicted octanol–water partition coefficient (Wildman–Crippen LogP) is 3.42. The van der Waals surface area contributed by atoms with Crippen LogP contribution in [0.2, 0.25) is 5.02 Å². The molecule has 202 valence electrons. The third-order valence-corrected chi connectivity index (χ3v) is 8.17. The summed E-state index contributed by atoms with van der Waals surface area (Å²) in [6.07, 6.45) is 4.78. The first-order valence-corrected chi connectivity index (χ1v) is 14.8. The van der Waals surface area contributed by atoms with Gasteiger partial charge in [-0.15, -0.1) is 0 Å². The number of ether oxygens (including phenoxy) is 1. The van der Waals surface area contributed by atoms with Crippen LogP contribution in [0.5, 0.6) is 0 Å². The average Bonchev–Trinajstić information content (AvgIpc) is 3.36. The van der Waals surface area contributed by atoms with Crippen LogP contribution < -0.4 is 20.3 Å². The summed E-state index contributed by atoms with van der Waals surface area (Å²) in [6.45, 7) is 5.21. The second-order valence-electron chi connectivity index (χ2n) is 10.1. The van der Waals surface area contributed by atoms with E-state index in [0.29, 0.717) is 30.3 Å². The van der Waals surface area contributed by atoms with Crippen molar-refractivity contribution >= 4 is 52.4 Å². The number of carbonyl (C=O) groups excluding carboxylic acids is 1. The summed E-state index contributed by atoms with van der Waals surface area (Å²) >= 11 is 7.76. The minimum atomic E-state index is -0.141. The molecule has 0 saturated carbocycles. The number of nitrogens with one attached hydrogen (secondary N) is 1. The van der Waals surface area contributed by atoms with Crippen LogP contribution in [0.4, 0.5) is 17.3 Å². The van der Waals surface area contributed by atoms with Crippen molar-refractivity contribution in [1.29, 1.82) is 0 Å². The molecule has 0 spiro atoms. The molecule has 3 aromatic rings. The van der Waals surface area contributed by atoms with E-state index < -0.39 is 0 Å². The number of halogens is 1. The quantitative estimate of drug-likeness (QED) is 0.442. The fraction of sp³-hybridized carbons (Fsp3) is 0.500. The number of nitrogens with two attached hydrogens (primary N) is 1. The number of morpholine rings is 1. The van der Waals surface area contributed by atoms with Gasteiger partial charge in [0, 0.05) is 62.2 Å². The highest BCUT2D eigenvalue weighted by molar-refractivity contribution is 7.99. The molecule has 38 heavy (non-hydrogen) atoms. The van der Waals surface area contributed by atoms with Gasteiger partial charge >= 0.3 is 0 Å². The van der Waals surface area contributed by atoms with Crippen LogP contribution >= 0.6 is 23.5 Å². The zero-order valence-electron chi connectivity index (χ0n) is 21.5. The van der Waals surface area contributed by atoms with Crippen molar-refractivity contribution in [2.75, 3.05) is 66.7 Å². The molecule has 0 aliphatic carbocycles. The van der Waals surface area contributed by atoms with E-state index in [1.54, 1.807) is 12.1 Å². The molecule has 6 rings (SSSR count). The summed E-state index contributed by atoms with van der Waals surface area (Å²) < 4.78 is 10.8. The van der Waals surface area contributed by atoms with Gasteiger partial charge in [0.1, 0.15) is 11.6 Å². The highest BCUT2D eigenvalue weighted by Crippen LogP contribution is 2.35. The number of hydrogen-bond acceptors (Lipinski definition) is 9. The first-order chi connectivity index (χ1) is 18.5. The van der Waals surface area contributed by atoms with Crippen molar-refractivity contribution < 1.29 is 9.53 Å². The molecule has 1 amide bonds. The Morgan fingerprint density at radius 1 is 1.13 bits per heavy atom. The normalized spacial score (nSPS) is 20.6. The molecular weight excluding hydrogens is 524 g/mol. The average molecular weight is 557 g/mol. The lowest BCUT2D eigenvalue weighted by Gasteiger charge is -2.38. The lowest BCUT2D eigenvalue weighted by atomic mass is 9.98. The van der Waals surface area contributed by atoms with Crippen molar-refractivity contribution in [1.82, 2.24) is 19.5 Å². The number of likely N-dealkylation sites (tertiary alicyclic amines) is 1. The third kappa shape index (κ3) is 4.88. The van der Waals surface area contributed by atoms with E-state index in [4.69, 9.17) is 32.2 Å². The van der Waals surface area contributed by atoms with E-state index in [2.05, 4.69) is 20.6 Å². The fourth-order valence-electron chi connectivity index (χ4n) is 5.53. The van der Waals surface area contributed by atoms with Gasteiger partial charge in [-0.25, -0.2) is 4.98 Å². The van der Waals surface area contributed by atoms with Gasteiger partial charge in [0.25, 0.3) is 5.91 Å². The van der Waals surface area contributed by atoms with Gasteiger partial charge in [0.2, 0.25) is 0 Å². The van der Waals surface area contributed by atoms with E-state index in [9.17, 15) is 4.79 Å². The molecule has 1 aromatic carbocycles. The van der Waals surface area contributed by atoms with Crippen LogP contribution in [0.1, 0.15) is 41.4 Å². The molecule has 3 fully saturated rings. The number of anilines is 3. The highest BCUT2D eigenvalue weighted by Gasteiger charge is 2.33. The maximum atomic E-state index is 13.9. The van der Waals surface area contributed by atoms with Crippen molar-refractivity contribution in [3.05, 3.63) is 46.6 Å². The summed E-state index contributed by atoms with van der Waals surface area (Å²) in [5, 5.41) is 5.60. The number of nitrogens with zero attached hydrogens (tertiary/aromatic N) is 6. The summed E-state index contributed by atoms with van der Waals surface area (Å²) in [5.74, 6) is 1.87. The second-order valence-corrected chi connectivity index (χ2v) is 11.1. The van der Waals surface area contributed by atoms with Gasteiger partial charge < -0.3 is 29.9 Å². The SMILES string of the molecule is CSNc1ccc(Cl)cc1C(=O)N1CCCCC1c1cc2nc(N3CC(N)C3)cc(N3CCOCC3)n2n1. The lowest BCUT2D eigenvalue weighted by molar-refractivity contribution is 0.0607. The maximum absolute atomic E-state index is 13.9. The van der Waals surface area contributed by atoms with Crippen molar-refractivity contribution in [2.24, 2.45) is 5.73 Å². The first kappa shape index (κ1) is 25.5. The fourth-order valence-corrected chi connectivity index (χ4v) is 6.10. The third-order valence-electron chi connectivity index (χ3n) is 7.51. The zero-order chi connectivity index (χ0) is 26.2. The largest absolute Gasteiger partial charge is 0.378 e. The Balaban J connectivity index is 1.38. The molecule has 2 aromatic heterocycles. The van der Waals surface area contributed by atoms with E-state index >= 15 is 0 Å². The van der Waals surface area contributed by atoms with Crippen LogP contribution in [0.25, 0.3) is 5.65 Å². The standard InChI is InChI=1S/C26H33ClN8O2S/c1-38-31-20-6-5-17(27)12-19(20)26(36)34-7-3-2-4-22(34)21-13-24-29-23(33-15-18(28)16-33)14-25(35(24)30-21)32-8-10-37-11-9-32/h5-6,12-14,18,22,31H,2-4,7-11,15-16,28H2,1H3. The molecule has 0 bridgehead atoms. The van der Waals surface area contributed by atoms with E-state index in [1.807, 2.05) is 27.8 Å². The van der Waals surface area contributed by atoms with Gasteiger partial charge in [-0.2, -0.15) is 9.61 Å². The molecule has 1 atom stereocenters. The molecule has 3 N–H and O–H groups in total. The molecule has 10 nitrogen and oxygen atoms in total. The monoisotopic (exact) mass is 556 g/mol. The van der Waals surface area contributed by atoms with Crippen molar-refractivity contribution in [3.63, 3.8) is 0 Å². The number of benzene rings is 1. The number of amides is 1. The van der Waals surface area contributed by atoms with Crippen LogP contribution in [0, 0.1) is 0 Å². The van der Waals surface area contributed by atoms with Crippen molar-refractivity contribution in [3.8, 4) is 0 Å². The molecule has 3 aliphatic rings. The van der Waals surface area contributed by atoms with Crippen LogP contribution in [-0.2, 0) is 4.74 Å². The summed E-state index contributed by atoms with van der Waals surface area (Å²) in [5.41, 5.74) is 9.05. The summed E-state index contributed by atoms with van der Waals surface area (Å²) in [4.78, 5) is 25.3. The molecule has 1 unspecified atom stereocenters. The van der Waals surface area contributed by atoms with Crippen LogP contribution in [-0.4, -0.2) is 83.6 Å². The highest BCUT2D eigenvalue weighted by atomic mass is 35.5. The second kappa shape index (κ2) is 10.8. The van der Waals surface area contributed by atoms with Crippen molar-refractivity contribution in [2.45, 2.75) is 31.3 Å². The van der Waals surface area contributed by atoms with Gasteiger partial charge in [-0.1, -0.05) is 23.5 Å². The summed E-state index contributed by atoms with van der Waals surface area (Å²) in [7, 11) is 0. The predicted molar refractivity (Wildman–Crippen MR) is 152 cm³/mol. The van der Waals surface area contributed by atoms with E-state index in [-0.39, 0.29) is 18.0 Å². The Morgan fingerprint density at radius 3 is 2.71 bits per heavy atom. The van der Waals surface area contributed by atoms with Crippen LogP contribution in [0.3, 0.4) is 0 Å². The molecule has 5 heterocycles. The minimum Gasteiger partial charge on any atom is -0.378 e. The Bertz CT molecular complexity index is 1320. The Hall–Kier alpha value is -2.73. The molecule has 0 radical (unpaired) electrons. The Labute approximate surface area is 231 Å². The van der Waals surface area contributed by atoms with Gasteiger partial charge in [0.15, 0.2) is 5.65 Å². The molecule has 3 aliphatic heterocycles. The molecule has 12 heteroatoms. The number of piperidine rings is 1. The number of rotatable bonds is 6. The smallest absolute Gasteiger partial charge is 0.256 e. The Morgan fingerprint density at radius 2 is 1.95 bits per heavy atom. The van der Waals surface area contributed by atoms with E-state index in [0.717, 1.165) is 74.1 Å². The Kier molecular flexibility index (Phi) is 7.26. The van der Waals surface area contributed by atoms with E-state index in [1.165, 1.54) is 11.9 Å². The first-order valence-electron chi connectivity index (χ1n) is 13.2. The number of fused-ring (bicyclic) bond motifs is 1. The van der Waals surface area contributed by atoms with Gasteiger partial charge in [0.05, 0.1) is 36.2 Å². The molecule has 3 saturated heterocycles.